The summed E-state index contributed by atoms with van der Waals surface area (Å²) in [7, 11) is 0. The van der Waals surface area contributed by atoms with Gasteiger partial charge in [0.2, 0.25) is 5.91 Å². The number of benzene rings is 2. The third-order valence-electron chi connectivity index (χ3n) is 4.40. The summed E-state index contributed by atoms with van der Waals surface area (Å²) in [6, 6.07) is 16.9. The van der Waals surface area contributed by atoms with Gasteiger partial charge in [-0.1, -0.05) is 63.2 Å². The van der Waals surface area contributed by atoms with E-state index in [2.05, 4.69) is 31.4 Å². The van der Waals surface area contributed by atoms with Crippen LogP contribution in [0.4, 0.5) is 0 Å². The van der Waals surface area contributed by atoms with Crippen LogP contribution in [0.5, 0.6) is 0 Å². The Morgan fingerprint density at radius 2 is 1.59 bits per heavy atom. The fourth-order valence-corrected chi connectivity index (χ4v) is 2.64. The van der Waals surface area contributed by atoms with Gasteiger partial charge in [-0.25, -0.2) is 0 Å². The van der Waals surface area contributed by atoms with Gasteiger partial charge < -0.3 is 16.4 Å². The average Bonchev–Trinajstić information content (AvgIpc) is 2.66. The molecule has 2 aromatic rings. The number of nitrogens with one attached hydrogen (secondary N) is 2. The van der Waals surface area contributed by atoms with Crippen LogP contribution in [-0.2, 0) is 10.2 Å². The van der Waals surface area contributed by atoms with Gasteiger partial charge in [-0.3, -0.25) is 9.59 Å². The van der Waals surface area contributed by atoms with Gasteiger partial charge in [-0.15, -0.1) is 0 Å². The standard InChI is InChI=1S/C22H29N3O2/c1-22(2,3)18-11-9-17(10-12-18)21(27)24-14-13-20(26)25-15-19(23)16-7-5-4-6-8-16/h4-12,19H,13-15,23H2,1-3H3,(H,24,27)(H,25,26). The van der Waals surface area contributed by atoms with E-state index in [-0.39, 0.29) is 36.2 Å². The lowest BCUT2D eigenvalue weighted by Gasteiger charge is -2.19. The summed E-state index contributed by atoms with van der Waals surface area (Å²) in [5.74, 6) is -0.311. The Kier molecular flexibility index (Phi) is 7.13. The maximum Gasteiger partial charge on any atom is 0.251 e. The second-order valence-electron chi connectivity index (χ2n) is 7.65. The third-order valence-corrected chi connectivity index (χ3v) is 4.40. The van der Waals surface area contributed by atoms with Crippen molar-refractivity contribution in [1.82, 2.24) is 10.6 Å². The van der Waals surface area contributed by atoms with E-state index < -0.39 is 0 Å². The minimum Gasteiger partial charge on any atom is -0.354 e. The molecule has 0 saturated heterocycles. The third kappa shape index (κ3) is 6.53. The molecule has 0 aromatic heterocycles. The molecule has 0 aliphatic carbocycles. The molecule has 0 radical (unpaired) electrons. The molecule has 2 rings (SSSR count). The highest BCUT2D eigenvalue weighted by molar-refractivity contribution is 5.94. The Labute approximate surface area is 161 Å². The molecule has 144 valence electrons. The van der Waals surface area contributed by atoms with Crippen LogP contribution in [0.2, 0.25) is 0 Å². The normalized spacial score (nSPS) is 12.3. The van der Waals surface area contributed by atoms with Gasteiger partial charge in [0.25, 0.3) is 5.91 Å². The Bertz CT molecular complexity index is 749. The summed E-state index contributed by atoms with van der Waals surface area (Å²) < 4.78 is 0. The van der Waals surface area contributed by atoms with Crippen molar-refractivity contribution in [2.45, 2.75) is 38.6 Å². The van der Waals surface area contributed by atoms with Crippen molar-refractivity contribution >= 4 is 11.8 Å². The Hall–Kier alpha value is -2.66. The highest BCUT2D eigenvalue weighted by Crippen LogP contribution is 2.22. The quantitative estimate of drug-likeness (QED) is 0.703. The van der Waals surface area contributed by atoms with Gasteiger partial charge in [-0.2, -0.15) is 0 Å². The minimum absolute atomic E-state index is 0.0493. The first-order valence-corrected chi connectivity index (χ1v) is 9.23. The summed E-state index contributed by atoms with van der Waals surface area (Å²) >= 11 is 0. The van der Waals surface area contributed by atoms with E-state index in [4.69, 9.17) is 5.73 Å². The zero-order valence-electron chi connectivity index (χ0n) is 16.3. The average molecular weight is 367 g/mol. The molecular formula is C22H29N3O2. The zero-order valence-corrected chi connectivity index (χ0v) is 16.3. The molecule has 1 atom stereocenters. The molecule has 2 aromatic carbocycles. The van der Waals surface area contributed by atoms with Crippen molar-refractivity contribution < 1.29 is 9.59 Å². The first-order chi connectivity index (χ1) is 12.8. The minimum atomic E-state index is -0.244. The van der Waals surface area contributed by atoms with Gasteiger partial charge in [0.1, 0.15) is 0 Å². The molecule has 0 bridgehead atoms. The largest absolute Gasteiger partial charge is 0.354 e. The van der Waals surface area contributed by atoms with Crippen molar-refractivity contribution in [2.75, 3.05) is 13.1 Å². The molecule has 0 fully saturated rings. The Morgan fingerprint density at radius 1 is 0.963 bits per heavy atom. The van der Waals surface area contributed by atoms with Crippen molar-refractivity contribution in [3.8, 4) is 0 Å². The van der Waals surface area contributed by atoms with Crippen LogP contribution in [0, 0.1) is 0 Å². The predicted molar refractivity (Wildman–Crippen MR) is 108 cm³/mol. The highest BCUT2D eigenvalue weighted by atomic mass is 16.2. The van der Waals surface area contributed by atoms with Crippen molar-refractivity contribution in [3.05, 3.63) is 71.3 Å². The molecule has 0 heterocycles. The zero-order chi connectivity index (χ0) is 19.9. The van der Waals surface area contributed by atoms with E-state index in [1.165, 1.54) is 5.56 Å². The number of rotatable bonds is 7. The number of hydrogen-bond donors (Lipinski definition) is 3. The molecule has 1 unspecified atom stereocenters. The summed E-state index contributed by atoms with van der Waals surface area (Å²) in [5.41, 5.74) is 8.85. The Morgan fingerprint density at radius 3 is 2.19 bits per heavy atom. The maximum absolute atomic E-state index is 12.2. The van der Waals surface area contributed by atoms with Crippen LogP contribution in [0.1, 0.15) is 54.7 Å². The van der Waals surface area contributed by atoms with Crippen LogP contribution in [0.15, 0.2) is 54.6 Å². The van der Waals surface area contributed by atoms with E-state index in [9.17, 15) is 9.59 Å². The number of hydrogen-bond acceptors (Lipinski definition) is 3. The maximum atomic E-state index is 12.2. The molecule has 0 aliphatic rings. The molecule has 5 nitrogen and oxygen atoms in total. The second-order valence-corrected chi connectivity index (χ2v) is 7.65. The fraction of sp³-hybridized carbons (Fsp3) is 0.364. The van der Waals surface area contributed by atoms with Crippen molar-refractivity contribution in [2.24, 2.45) is 5.73 Å². The summed E-state index contributed by atoms with van der Waals surface area (Å²) in [4.78, 5) is 24.1. The lowest BCUT2D eigenvalue weighted by atomic mass is 9.87. The van der Waals surface area contributed by atoms with Crippen molar-refractivity contribution in [1.29, 1.82) is 0 Å². The van der Waals surface area contributed by atoms with Gasteiger partial charge in [0.15, 0.2) is 0 Å². The molecule has 0 saturated carbocycles. The van der Waals surface area contributed by atoms with Gasteiger partial charge >= 0.3 is 0 Å². The van der Waals surface area contributed by atoms with E-state index in [0.717, 1.165) is 5.56 Å². The molecule has 2 amide bonds. The second kappa shape index (κ2) is 9.33. The molecule has 0 aliphatic heterocycles. The molecular weight excluding hydrogens is 338 g/mol. The van der Waals surface area contributed by atoms with Gasteiger partial charge in [0, 0.05) is 31.1 Å². The summed E-state index contributed by atoms with van der Waals surface area (Å²) in [6.07, 6.45) is 0.216. The van der Waals surface area contributed by atoms with Crippen LogP contribution < -0.4 is 16.4 Å². The predicted octanol–water partition coefficient (Wildman–Crippen LogP) is 2.92. The highest BCUT2D eigenvalue weighted by Gasteiger charge is 2.14. The van der Waals surface area contributed by atoms with E-state index in [1.807, 2.05) is 54.6 Å². The number of carbonyl (C=O) groups excluding carboxylic acids is 2. The lowest BCUT2D eigenvalue weighted by Crippen LogP contribution is -2.34. The first-order valence-electron chi connectivity index (χ1n) is 9.23. The fourth-order valence-electron chi connectivity index (χ4n) is 2.64. The van der Waals surface area contributed by atoms with E-state index >= 15 is 0 Å². The monoisotopic (exact) mass is 367 g/mol. The Balaban J connectivity index is 1.72. The van der Waals surface area contributed by atoms with E-state index in [1.54, 1.807) is 0 Å². The van der Waals surface area contributed by atoms with Crippen molar-refractivity contribution in [3.63, 3.8) is 0 Å². The number of nitrogens with two attached hydrogens (primary N) is 1. The first kappa shape index (κ1) is 20.6. The van der Waals surface area contributed by atoms with Crippen LogP contribution in [0.3, 0.4) is 0 Å². The SMILES string of the molecule is CC(C)(C)c1ccc(C(=O)NCCC(=O)NCC(N)c2ccccc2)cc1. The van der Waals surface area contributed by atoms with Gasteiger partial charge in [-0.05, 0) is 28.7 Å². The van der Waals surface area contributed by atoms with Crippen LogP contribution in [-0.4, -0.2) is 24.9 Å². The molecule has 0 spiro atoms. The van der Waals surface area contributed by atoms with Crippen LogP contribution >= 0.6 is 0 Å². The topological polar surface area (TPSA) is 84.2 Å². The number of carbonyl (C=O) groups is 2. The smallest absolute Gasteiger partial charge is 0.251 e. The summed E-state index contributed by atoms with van der Waals surface area (Å²) in [5, 5.41) is 5.58. The number of amides is 2. The summed E-state index contributed by atoms with van der Waals surface area (Å²) in [6.45, 7) is 7.04. The molecule has 27 heavy (non-hydrogen) atoms. The molecule has 4 N–H and O–H groups in total. The lowest BCUT2D eigenvalue weighted by molar-refractivity contribution is -0.121. The van der Waals surface area contributed by atoms with E-state index in [0.29, 0.717) is 12.1 Å². The van der Waals surface area contributed by atoms with Gasteiger partial charge in [0.05, 0.1) is 0 Å². The van der Waals surface area contributed by atoms with Crippen LogP contribution in [0.25, 0.3) is 0 Å². The molecule has 5 heteroatoms.